The van der Waals surface area contributed by atoms with E-state index in [2.05, 4.69) is 39.9 Å². The van der Waals surface area contributed by atoms with E-state index in [9.17, 15) is 18.0 Å². The summed E-state index contributed by atoms with van der Waals surface area (Å²) in [5.41, 5.74) is 2.80. The van der Waals surface area contributed by atoms with Crippen molar-refractivity contribution in [2.75, 3.05) is 0 Å². The molecule has 0 spiro atoms. The molecule has 33 heavy (non-hydrogen) atoms. The fourth-order valence-corrected chi connectivity index (χ4v) is 2.56. The van der Waals surface area contributed by atoms with Crippen LogP contribution >= 0.6 is 0 Å². The van der Waals surface area contributed by atoms with Gasteiger partial charge in [-0.1, -0.05) is 11.2 Å². The number of hydrogen-bond donors (Lipinski definition) is 1. The first kappa shape index (κ1) is 21.8. The number of carbonyl (C=O) groups excluding carboxylic acids is 1. The molecule has 0 radical (unpaired) electrons. The van der Waals surface area contributed by atoms with E-state index in [4.69, 9.17) is 4.74 Å². The molecule has 0 aromatic carbocycles. The monoisotopic (exact) mass is 457 g/mol. The highest BCUT2D eigenvalue weighted by molar-refractivity contribution is 5.67. The summed E-state index contributed by atoms with van der Waals surface area (Å²) in [6, 6.07) is 7.29. The quantitative estimate of drug-likeness (QED) is 0.463. The van der Waals surface area contributed by atoms with Crippen LogP contribution in [-0.2, 0) is 24.1 Å². The smallest absolute Gasteiger partial charge is 0.445 e. The molecule has 0 fully saturated rings. The zero-order valence-corrected chi connectivity index (χ0v) is 16.7. The Morgan fingerprint density at radius 2 is 1.79 bits per heavy atom. The second kappa shape index (κ2) is 9.38. The molecular formula is C20H14F3N7O3. The van der Waals surface area contributed by atoms with Crippen molar-refractivity contribution in [2.24, 2.45) is 0 Å². The van der Waals surface area contributed by atoms with Crippen LogP contribution in [0, 0.1) is 0 Å². The van der Waals surface area contributed by atoms with E-state index < -0.39 is 24.0 Å². The summed E-state index contributed by atoms with van der Waals surface area (Å²) >= 11 is 0. The van der Waals surface area contributed by atoms with E-state index >= 15 is 0 Å². The van der Waals surface area contributed by atoms with Gasteiger partial charge in [0, 0.05) is 54.2 Å². The van der Waals surface area contributed by atoms with E-state index in [-0.39, 0.29) is 19.0 Å². The first-order valence-electron chi connectivity index (χ1n) is 9.36. The Labute approximate surface area is 183 Å². The van der Waals surface area contributed by atoms with Crippen LogP contribution < -0.4 is 5.32 Å². The highest BCUT2D eigenvalue weighted by atomic mass is 19.4. The van der Waals surface area contributed by atoms with E-state index in [1.54, 1.807) is 30.7 Å². The van der Waals surface area contributed by atoms with Crippen molar-refractivity contribution >= 4 is 6.09 Å². The zero-order valence-electron chi connectivity index (χ0n) is 16.7. The molecule has 0 aliphatic rings. The van der Waals surface area contributed by atoms with Crippen molar-refractivity contribution in [3.63, 3.8) is 0 Å². The second-order valence-corrected chi connectivity index (χ2v) is 6.56. The molecule has 0 saturated heterocycles. The van der Waals surface area contributed by atoms with Gasteiger partial charge in [0.25, 0.3) is 0 Å². The topological polar surface area (TPSA) is 129 Å². The van der Waals surface area contributed by atoms with Crippen molar-refractivity contribution in [2.45, 2.75) is 19.3 Å². The summed E-state index contributed by atoms with van der Waals surface area (Å²) in [4.78, 5) is 31.3. The number of halogens is 3. The van der Waals surface area contributed by atoms with Gasteiger partial charge in [0.15, 0.2) is 0 Å². The van der Waals surface area contributed by atoms with Crippen LogP contribution in [-0.4, -0.2) is 36.2 Å². The molecule has 0 atom stereocenters. The summed E-state index contributed by atoms with van der Waals surface area (Å²) in [7, 11) is 0. The number of pyridine rings is 2. The van der Waals surface area contributed by atoms with Crippen molar-refractivity contribution < 1.29 is 27.2 Å². The molecule has 4 heterocycles. The maximum absolute atomic E-state index is 12.5. The lowest BCUT2D eigenvalue weighted by atomic mass is 10.2. The Morgan fingerprint density at radius 3 is 2.42 bits per heavy atom. The van der Waals surface area contributed by atoms with Crippen LogP contribution in [0.5, 0.6) is 0 Å². The molecule has 0 unspecified atom stereocenters. The summed E-state index contributed by atoms with van der Waals surface area (Å²) in [6.45, 7) is 0.0539. The Hall–Kier alpha value is -4.42. The molecule has 0 aliphatic heterocycles. The number of nitrogens with one attached hydrogen (secondary N) is 1. The standard InChI is InChI=1S/C20H14F3N7O3/c21-20(22,23)18-29-17(30-33-18)16-26-7-13(8-27-16)9-28-19(31)32-11-12-3-4-15(25-6-12)14-2-1-5-24-10-14/h1-8,10H,9,11H2,(H,28,31). The molecule has 13 heteroatoms. The van der Waals surface area contributed by atoms with Crippen LogP contribution in [0.2, 0.25) is 0 Å². The maximum atomic E-state index is 12.5. The molecule has 4 rings (SSSR count). The predicted molar refractivity (Wildman–Crippen MR) is 105 cm³/mol. The number of nitrogens with zero attached hydrogens (tertiary/aromatic N) is 6. The van der Waals surface area contributed by atoms with Crippen LogP contribution in [0.4, 0.5) is 18.0 Å². The summed E-state index contributed by atoms with van der Waals surface area (Å²) in [5, 5.41) is 5.72. The Kier molecular flexibility index (Phi) is 6.20. The Bertz CT molecular complexity index is 1210. The SMILES string of the molecule is O=C(NCc1cnc(-c2noc(C(F)(F)F)n2)nc1)OCc1ccc(-c2cccnc2)nc1. The van der Waals surface area contributed by atoms with Crippen molar-refractivity contribution in [1.82, 2.24) is 35.4 Å². The molecule has 0 aliphatic carbocycles. The Morgan fingerprint density at radius 1 is 1.00 bits per heavy atom. The third kappa shape index (κ3) is 5.64. The minimum atomic E-state index is -4.76. The highest BCUT2D eigenvalue weighted by Crippen LogP contribution is 2.28. The number of ether oxygens (including phenoxy) is 1. The lowest BCUT2D eigenvalue weighted by Gasteiger charge is -2.07. The first-order valence-corrected chi connectivity index (χ1v) is 9.36. The molecule has 0 saturated carbocycles. The maximum Gasteiger partial charge on any atom is 0.471 e. The molecule has 4 aromatic heterocycles. The number of alkyl carbamates (subject to hydrolysis) is 1. The van der Waals surface area contributed by atoms with Gasteiger partial charge in [0.1, 0.15) is 6.61 Å². The third-order valence-electron chi connectivity index (χ3n) is 4.16. The number of alkyl halides is 3. The van der Waals surface area contributed by atoms with Gasteiger partial charge >= 0.3 is 18.2 Å². The summed E-state index contributed by atoms with van der Waals surface area (Å²) in [5.74, 6) is -2.04. The van der Waals surface area contributed by atoms with Crippen molar-refractivity contribution in [3.8, 4) is 22.9 Å². The van der Waals surface area contributed by atoms with Gasteiger partial charge < -0.3 is 14.6 Å². The van der Waals surface area contributed by atoms with Gasteiger partial charge in [0.05, 0.1) is 5.69 Å². The fourth-order valence-electron chi connectivity index (χ4n) is 2.56. The van der Waals surface area contributed by atoms with Gasteiger partial charge in [0.2, 0.25) is 11.6 Å². The number of aromatic nitrogens is 6. The molecule has 1 amide bonds. The normalized spacial score (nSPS) is 11.2. The van der Waals surface area contributed by atoms with Crippen LogP contribution in [0.3, 0.4) is 0 Å². The number of carbonyl (C=O) groups is 1. The van der Waals surface area contributed by atoms with Gasteiger partial charge in [-0.3, -0.25) is 9.97 Å². The van der Waals surface area contributed by atoms with E-state index in [0.717, 1.165) is 11.3 Å². The van der Waals surface area contributed by atoms with Crippen LogP contribution in [0.1, 0.15) is 17.0 Å². The average Bonchev–Trinajstić information content (AvgIpc) is 3.34. The number of hydrogen-bond acceptors (Lipinski definition) is 9. The Balaban J connectivity index is 1.25. The highest BCUT2D eigenvalue weighted by Gasteiger charge is 2.38. The molecule has 10 nitrogen and oxygen atoms in total. The minimum absolute atomic E-state index is 0.0148. The first-order chi connectivity index (χ1) is 15.9. The minimum Gasteiger partial charge on any atom is -0.445 e. The van der Waals surface area contributed by atoms with Gasteiger partial charge in [-0.15, -0.1) is 0 Å². The molecule has 0 bridgehead atoms. The predicted octanol–water partition coefficient (Wildman–Crippen LogP) is 3.43. The van der Waals surface area contributed by atoms with Gasteiger partial charge in [-0.25, -0.2) is 14.8 Å². The van der Waals surface area contributed by atoms with Crippen LogP contribution in [0.15, 0.2) is 59.8 Å². The zero-order chi connectivity index (χ0) is 23.3. The second-order valence-electron chi connectivity index (χ2n) is 6.56. The van der Waals surface area contributed by atoms with E-state index in [1.807, 2.05) is 12.1 Å². The van der Waals surface area contributed by atoms with Crippen molar-refractivity contribution in [3.05, 3.63) is 72.3 Å². The molecule has 168 valence electrons. The van der Waals surface area contributed by atoms with Gasteiger partial charge in [-0.2, -0.15) is 18.2 Å². The summed E-state index contributed by atoms with van der Waals surface area (Å²) in [6.07, 6.45) is 2.16. The van der Waals surface area contributed by atoms with E-state index in [1.165, 1.54) is 12.4 Å². The van der Waals surface area contributed by atoms with E-state index in [0.29, 0.717) is 11.1 Å². The summed E-state index contributed by atoms with van der Waals surface area (Å²) < 4.78 is 46.8. The van der Waals surface area contributed by atoms with Crippen molar-refractivity contribution in [1.29, 1.82) is 0 Å². The molecule has 4 aromatic rings. The number of rotatable bonds is 6. The lowest BCUT2D eigenvalue weighted by Crippen LogP contribution is -2.23. The fraction of sp³-hybridized carbons (Fsp3) is 0.150. The van der Waals surface area contributed by atoms with Gasteiger partial charge in [-0.05, 0) is 18.2 Å². The molecular weight excluding hydrogens is 443 g/mol. The molecule has 1 N–H and O–H groups in total. The lowest BCUT2D eigenvalue weighted by molar-refractivity contribution is -0.159. The number of amides is 1. The largest absolute Gasteiger partial charge is 0.471 e. The average molecular weight is 457 g/mol. The third-order valence-corrected chi connectivity index (χ3v) is 4.16. The van der Waals surface area contributed by atoms with Crippen LogP contribution in [0.25, 0.3) is 22.9 Å².